The third-order valence-electron chi connectivity index (χ3n) is 2.32. The van der Waals surface area contributed by atoms with E-state index in [1.54, 1.807) is 13.8 Å². The highest BCUT2D eigenvalue weighted by atomic mass is 19.4. The molecule has 1 atom stereocenters. The largest absolute Gasteiger partial charge is 0.391 e. The molecular weight excluding hydrogens is 247 g/mol. The summed E-state index contributed by atoms with van der Waals surface area (Å²) in [6.45, 7) is 4.76. The molecule has 8 heteroatoms. The highest BCUT2D eigenvalue weighted by Crippen LogP contribution is 2.25. The van der Waals surface area contributed by atoms with Crippen LogP contribution in [0.5, 0.6) is 0 Å². The second-order valence-electron chi connectivity index (χ2n) is 4.10. The molecule has 0 aliphatic heterocycles. The molecule has 5 nitrogen and oxygen atoms in total. The van der Waals surface area contributed by atoms with Gasteiger partial charge in [0.1, 0.15) is 17.5 Å². The van der Waals surface area contributed by atoms with Gasteiger partial charge in [0.05, 0.1) is 6.42 Å². The Hall–Kier alpha value is -1.57. The number of aromatic nitrogens is 2. The molecular formula is C10H16F3N5. The van der Waals surface area contributed by atoms with Gasteiger partial charge in [-0.2, -0.15) is 13.2 Å². The lowest BCUT2D eigenvalue weighted by Gasteiger charge is -2.18. The van der Waals surface area contributed by atoms with Crippen LogP contribution >= 0.6 is 0 Å². The van der Waals surface area contributed by atoms with Gasteiger partial charge in [0, 0.05) is 11.6 Å². The fourth-order valence-corrected chi connectivity index (χ4v) is 1.54. The molecule has 1 unspecified atom stereocenters. The predicted octanol–water partition coefficient (Wildman–Crippen LogP) is 2.13. The fraction of sp³-hybridized carbons (Fsp3) is 0.600. The quantitative estimate of drug-likeness (QED) is 0.573. The van der Waals surface area contributed by atoms with Crippen molar-refractivity contribution < 1.29 is 13.2 Å². The number of nitrogens with one attached hydrogen (secondary N) is 2. The summed E-state index contributed by atoms with van der Waals surface area (Å²) in [5, 5.41) is 2.72. The second kappa shape index (κ2) is 5.38. The van der Waals surface area contributed by atoms with Gasteiger partial charge < -0.3 is 10.7 Å². The smallest absolute Gasteiger partial charge is 0.367 e. The first-order valence-electron chi connectivity index (χ1n) is 5.38. The number of nitrogens with two attached hydrogens (primary N) is 1. The maximum Gasteiger partial charge on any atom is 0.391 e. The topological polar surface area (TPSA) is 75.9 Å². The van der Waals surface area contributed by atoms with E-state index in [2.05, 4.69) is 20.7 Å². The summed E-state index contributed by atoms with van der Waals surface area (Å²) in [4.78, 5) is 8.09. The van der Waals surface area contributed by atoms with E-state index < -0.39 is 18.6 Å². The number of aryl methyl sites for hydroxylation is 1. The molecule has 0 aliphatic rings. The minimum atomic E-state index is -4.21. The molecule has 1 aromatic heterocycles. The summed E-state index contributed by atoms with van der Waals surface area (Å²) in [6, 6.07) is -0.774. The fourth-order valence-electron chi connectivity index (χ4n) is 1.54. The number of halogens is 3. The molecule has 0 radical (unpaired) electrons. The number of rotatable bonds is 4. The molecule has 0 fully saturated rings. The zero-order valence-electron chi connectivity index (χ0n) is 10.4. The standard InChI is InChI=1S/C10H16F3N5/c1-5(4-10(11,12)13)15-8-6(2)9(18-14)17-7(3)16-8/h5H,4,14H2,1-3H3,(H2,15,16,17,18). The highest BCUT2D eigenvalue weighted by molar-refractivity contribution is 5.56. The van der Waals surface area contributed by atoms with Gasteiger partial charge in [-0.05, 0) is 20.8 Å². The summed E-state index contributed by atoms with van der Waals surface area (Å²) in [5.41, 5.74) is 2.97. The van der Waals surface area contributed by atoms with E-state index in [4.69, 9.17) is 5.84 Å². The molecule has 0 bridgehead atoms. The van der Waals surface area contributed by atoms with Crippen LogP contribution in [0.25, 0.3) is 0 Å². The summed E-state index contributed by atoms with van der Waals surface area (Å²) in [7, 11) is 0. The van der Waals surface area contributed by atoms with Crippen LogP contribution in [0.1, 0.15) is 24.7 Å². The highest BCUT2D eigenvalue weighted by Gasteiger charge is 2.30. The number of hydrogen-bond donors (Lipinski definition) is 3. The molecule has 0 saturated carbocycles. The Bertz CT molecular complexity index is 419. The lowest BCUT2D eigenvalue weighted by atomic mass is 10.2. The zero-order chi connectivity index (χ0) is 13.9. The third kappa shape index (κ3) is 4.02. The first-order chi connectivity index (χ1) is 8.23. The molecule has 18 heavy (non-hydrogen) atoms. The number of alkyl halides is 3. The Labute approximate surface area is 103 Å². The van der Waals surface area contributed by atoms with Crippen LogP contribution in [0.2, 0.25) is 0 Å². The zero-order valence-corrected chi connectivity index (χ0v) is 10.4. The lowest BCUT2D eigenvalue weighted by molar-refractivity contribution is -0.136. The Kier molecular flexibility index (Phi) is 4.33. The Balaban J connectivity index is 2.87. The van der Waals surface area contributed by atoms with Crippen molar-refractivity contribution in [1.82, 2.24) is 9.97 Å². The number of hydrazine groups is 1. The van der Waals surface area contributed by atoms with Gasteiger partial charge in [-0.15, -0.1) is 0 Å². The van der Waals surface area contributed by atoms with Crippen molar-refractivity contribution in [2.75, 3.05) is 10.7 Å². The maximum absolute atomic E-state index is 12.2. The van der Waals surface area contributed by atoms with E-state index in [9.17, 15) is 13.2 Å². The second-order valence-corrected chi connectivity index (χ2v) is 4.10. The lowest BCUT2D eigenvalue weighted by Crippen LogP contribution is -2.25. The first-order valence-corrected chi connectivity index (χ1v) is 5.38. The minimum Gasteiger partial charge on any atom is -0.367 e. The molecule has 1 rings (SSSR count). The van der Waals surface area contributed by atoms with Crippen LogP contribution in [-0.2, 0) is 0 Å². The van der Waals surface area contributed by atoms with E-state index in [-0.39, 0.29) is 0 Å². The van der Waals surface area contributed by atoms with Crippen molar-refractivity contribution in [3.05, 3.63) is 11.4 Å². The molecule has 1 heterocycles. The summed E-state index contributed by atoms with van der Waals surface area (Å²) in [5.74, 6) is 6.45. The molecule has 0 spiro atoms. The van der Waals surface area contributed by atoms with Crippen molar-refractivity contribution in [2.24, 2.45) is 5.84 Å². The normalized spacial score (nSPS) is 13.3. The summed E-state index contributed by atoms with van der Waals surface area (Å²) < 4.78 is 36.7. The van der Waals surface area contributed by atoms with E-state index in [0.29, 0.717) is 23.0 Å². The maximum atomic E-state index is 12.2. The van der Waals surface area contributed by atoms with Gasteiger partial charge in [-0.3, -0.25) is 0 Å². The van der Waals surface area contributed by atoms with Gasteiger partial charge in [0.15, 0.2) is 0 Å². The average molecular weight is 263 g/mol. The molecule has 1 aromatic rings. The molecule has 102 valence electrons. The van der Waals surface area contributed by atoms with Crippen molar-refractivity contribution >= 4 is 11.6 Å². The molecule has 0 aliphatic carbocycles. The van der Waals surface area contributed by atoms with Crippen LogP contribution in [0.15, 0.2) is 0 Å². The third-order valence-corrected chi connectivity index (χ3v) is 2.32. The average Bonchev–Trinajstić information content (AvgIpc) is 2.20. The van der Waals surface area contributed by atoms with Crippen LogP contribution in [-0.4, -0.2) is 22.2 Å². The Morgan fingerprint density at radius 1 is 1.22 bits per heavy atom. The van der Waals surface area contributed by atoms with E-state index in [1.807, 2.05) is 0 Å². The van der Waals surface area contributed by atoms with Gasteiger partial charge >= 0.3 is 6.18 Å². The molecule has 0 aromatic carbocycles. The summed E-state index contributed by atoms with van der Waals surface area (Å²) >= 11 is 0. The minimum absolute atomic E-state index is 0.354. The van der Waals surface area contributed by atoms with Crippen LogP contribution in [0.3, 0.4) is 0 Å². The number of nitrogen functional groups attached to an aromatic ring is 1. The van der Waals surface area contributed by atoms with Gasteiger partial charge in [0.2, 0.25) is 0 Å². The Morgan fingerprint density at radius 3 is 2.28 bits per heavy atom. The number of anilines is 2. The SMILES string of the molecule is Cc1nc(NN)c(C)c(NC(C)CC(F)(F)F)n1. The summed E-state index contributed by atoms with van der Waals surface area (Å²) in [6.07, 6.45) is -5.14. The van der Waals surface area contributed by atoms with E-state index in [1.165, 1.54) is 6.92 Å². The van der Waals surface area contributed by atoms with Crippen LogP contribution < -0.4 is 16.6 Å². The van der Waals surface area contributed by atoms with E-state index >= 15 is 0 Å². The van der Waals surface area contributed by atoms with Crippen molar-refractivity contribution in [1.29, 1.82) is 0 Å². The van der Waals surface area contributed by atoms with Gasteiger partial charge in [-0.25, -0.2) is 15.8 Å². The van der Waals surface area contributed by atoms with Crippen molar-refractivity contribution in [3.8, 4) is 0 Å². The predicted molar refractivity (Wildman–Crippen MR) is 63.1 cm³/mol. The van der Waals surface area contributed by atoms with Gasteiger partial charge in [-0.1, -0.05) is 0 Å². The number of nitrogens with zero attached hydrogens (tertiary/aromatic N) is 2. The van der Waals surface area contributed by atoms with Gasteiger partial charge in [0.25, 0.3) is 0 Å². The monoisotopic (exact) mass is 263 g/mol. The Morgan fingerprint density at radius 2 is 1.78 bits per heavy atom. The van der Waals surface area contributed by atoms with Crippen molar-refractivity contribution in [2.45, 2.75) is 39.4 Å². The molecule has 4 N–H and O–H groups in total. The number of hydrogen-bond acceptors (Lipinski definition) is 5. The first kappa shape index (κ1) is 14.5. The van der Waals surface area contributed by atoms with Crippen molar-refractivity contribution in [3.63, 3.8) is 0 Å². The van der Waals surface area contributed by atoms with Crippen LogP contribution in [0.4, 0.5) is 24.8 Å². The van der Waals surface area contributed by atoms with Crippen LogP contribution in [0, 0.1) is 13.8 Å². The van der Waals surface area contributed by atoms with E-state index in [0.717, 1.165) is 0 Å². The molecule has 0 amide bonds. The molecule has 0 saturated heterocycles.